The minimum atomic E-state index is -0.288. The predicted molar refractivity (Wildman–Crippen MR) is 80.0 cm³/mol. The molecule has 100 valence electrons. The van der Waals surface area contributed by atoms with Crippen molar-refractivity contribution in [3.05, 3.63) is 35.9 Å². The van der Waals surface area contributed by atoms with E-state index in [-0.39, 0.29) is 16.7 Å². The van der Waals surface area contributed by atoms with Gasteiger partial charge in [-0.15, -0.1) is 0 Å². The average molecular weight is 265 g/mol. The summed E-state index contributed by atoms with van der Waals surface area (Å²) in [5.41, 5.74) is 0.990. The van der Waals surface area contributed by atoms with Gasteiger partial charge in [0, 0.05) is 5.54 Å². The molecular weight excluding hydrogens is 242 g/mol. The molecule has 0 aliphatic heterocycles. The van der Waals surface area contributed by atoms with E-state index in [4.69, 9.17) is 0 Å². The van der Waals surface area contributed by atoms with Gasteiger partial charge in [-0.2, -0.15) is 12.6 Å². The lowest BCUT2D eigenvalue weighted by Crippen LogP contribution is -2.47. The number of amides is 1. The first-order valence-corrected chi connectivity index (χ1v) is 7.00. The Labute approximate surface area is 116 Å². The van der Waals surface area contributed by atoms with Crippen LogP contribution in [0.2, 0.25) is 0 Å². The fourth-order valence-electron chi connectivity index (χ4n) is 2.03. The van der Waals surface area contributed by atoms with E-state index >= 15 is 0 Å². The summed E-state index contributed by atoms with van der Waals surface area (Å²) < 4.78 is 0. The number of rotatable bonds is 6. The molecule has 2 nitrogen and oxygen atoms in total. The van der Waals surface area contributed by atoms with Crippen LogP contribution in [0.1, 0.15) is 39.2 Å². The van der Waals surface area contributed by atoms with Gasteiger partial charge < -0.3 is 5.32 Å². The minimum absolute atomic E-state index is 0.0145. The van der Waals surface area contributed by atoms with Crippen molar-refractivity contribution >= 4 is 18.5 Å². The van der Waals surface area contributed by atoms with E-state index in [9.17, 15) is 4.79 Å². The predicted octanol–water partition coefficient (Wildman–Crippen LogP) is 3.22. The molecule has 0 aliphatic rings. The van der Waals surface area contributed by atoms with E-state index < -0.39 is 0 Å². The first-order chi connectivity index (χ1) is 8.44. The smallest absolute Gasteiger partial charge is 0.233 e. The molecule has 18 heavy (non-hydrogen) atoms. The van der Waals surface area contributed by atoms with Gasteiger partial charge in [-0.1, -0.05) is 43.7 Å². The Balaban J connectivity index is 2.52. The van der Waals surface area contributed by atoms with Crippen LogP contribution in [0.3, 0.4) is 0 Å². The second-order valence-corrected chi connectivity index (χ2v) is 5.95. The minimum Gasteiger partial charge on any atom is -0.350 e. The van der Waals surface area contributed by atoms with Crippen LogP contribution >= 0.6 is 12.6 Å². The van der Waals surface area contributed by atoms with Crippen molar-refractivity contribution in [3.8, 4) is 0 Å². The molecule has 1 amide bonds. The number of hydrogen-bond acceptors (Lipinski definition) is 2. The molecular formula is C15H23NOS. The monoisotopic (exact) mass is 265 g/mol. The zero-order valence-electron chi connectivity index (χ0n) is 11.4. The van der Waals surface area contributed by atoms with Crippen molar-refractivity contribution in [2.45, 2.75) is 50.8 Å². The molecule has 0 aliphatic carbocycles. The maximum absolute atomic E-state index is 12.1. The van der Waals surface area contributed by atoms with Crippen molar-refractivity contribution in [1.29, 1.82) is 0 Å². The first kappa shape index (κ1) is 15.1. The van der Waals surface area contributed by atoms with E-state index in [1.807, 2.05) is 30.3 Å². The van der Waals surface area contributed by atoms with Crippen LogP contribution in [-0.2, 0) is 11.2 Å². The van der Waals surface area contributed by atoms with E-state index in [2.05, 4.69) is 38.7 Å². The molecule has 1 unspecified atom stereocenters. The average Bonchev–Trinajstić information content (AvgIpc) is 2.29. The quantitative estimate of drug-likeness (QED) is 0.760. The highest BCUT2D eigenvalue weighted by atomic mass is 32.1. The Morgan fingerprint density at radius 2 is 1.94 bits per heavy atom. The van der Waals surface area contributed by atoms with Gasteiger partial charge in [0.1, 0.15) is 0 Å². The van der Waals surface area contributed by atoms with Gasteiger partial charge in [-0.3, -0.25) is 4.79 Å². The molecule has 0 bridgehead atoms. The third kappa shape index (κ3) is 5.13. The largest absolute Gasteiger partial charge is 0.350 e. The first-order valence-electron chi connectivity index (χ1n) is 6.48. The number of carbonyl (C=O) groups excluding carboxylic acids is 1. The highest BCUT2D eigenvalue weighted by molar-refractivity contribution is 7.81. The van der Waals surface area contributed by atoms with E-state index in [0.29, 0.717) is 6.42 Å². The Bertz CT molecular complexity index is 375. The van der Waals surface area contributed by atoms with Gasteiger partial charge in [-0.05, 0) is 32.3 Å². The van der Waals surface area contributed by atoms with Crippen LogP contribution in [0, 0.1) is 0 Å². The second-order valence-electron chi connectivity index (χ2n) is 5.33. The third-order valence-corrected chi connectivity index (χ3v) is 3.33. The Hall–Kier alpha value is -0.960. The molecule has 1 rings (SSSR count). The Morgan fingerprint density at radius 1 is 1.33 bits per heavy atom. The number of carbonyl (C=O) groups is 1. The van der Waals surface area contributed by atoms with Crippen LogP contribution in [0.15, 0.2) is 30.3 Å². The standard InChI is InChI=1S/C15H23NOS/c1-4-10-15(2,3)16-14(17)13(18)11-12-8-6-5-7-9-12/h5-9,13,18H,4,10-11H2,1-3H3,(H,16,17). The molecule has 0 radical (unpaired) electrons. The summed E-state index contributed by atoms with van der Waals surface area (Å²) in [6.07, 6.45) is 2.70. The summed E-state index contributed by atoms with van der Waals surface area (Å²) >= 11 is 4.40. The summed E-state index contributed by atoms with van der Waals surface area (Å²) in [5.74, 6) is 0.0145. The highest BCUT2D eigenvalue weighted by Gasteiger charge is 2.23. The molecule has 0 aromatic heterocycles. The van der Waals surface area contributed by atoms with Crippen molar-refractivity contribution in [1.82, 2.24) is 5.32 Å². The van der Waals surface area contributed by atoms with Crippen LogP contribution in [-0.4, -0.2) is 16.7 Å². The Kier molecular flexibility index (Phi) is 5.73. The van der Waals surface area contributed by atoms with Gasteiger partial charge in [0.15, 0.2) is 0 Å². The molecule has 1 atom stereocenters. The van der Waals surface area contributed by atoms with Crippen molar-refractivity contribution in [3.63, 3.8) is 0 Å². The molecule has 3 heteroatoms. The molecule has 0 spiro atoms. The summed E-state index contributed by atoms with van der Waals surface area (Å²) in [6.45, 7) is 6.23. The summed E-state index contributed by atoms with van der Waals surface area (Å²) in [4.78, 5) is 12.1. The van der Waals surface area contributed by atoms with Crippen molar-refractivity contribution in [2.75, 3.05) is 0 Å². The molecule has 0 fully saturated rings. The number of hydrogen-bond donors (Lipinski definition) is 2. The highest BCUT2D eigenvalue weighted by Crippen LogP contribution is 2.13. The fourth-order valence-corrected chi connectivity index (χ4v) is 2.31. The zero-order valence-corrected chi connectivity index (χ0v) is 12.3. The van der Waals surface area contributed by atoms with Crippen LogP contribution in [0.5, 0.6) is 0 Å². The van der Waals surface area contributed by atoms with Gasteiger partial charge in [0.2, 0.25) is 5.91 Å². The summed E-state index contributed by atoms with van der Waals surface area (Å²) in [6, 6.07) is 9.98. The molecule has 1 N–H and O–H groups in total. The van der Waals surface area contributed by atoms with E-state index in [0.717, 1.165) is 18.4 Å². The van der Waals surface area contributed by atoms with Gasteiger partial charge in [0.05, 0.1) is 5.25 Å². The molecule has 0 saturated carbocycles. The maximum atomic E-state index is 12.1. The summed E-state index contributed by atoms with van der Waals surface area (Å²) in [5, 5.41) is 2.77. The lowest BCUT2D eigenvalue weighted by atomic mass is 9.98. The Morgan fingerprint density at radius 3 is 2.50 bits per heavy atom. The lowest BCUT2D eigenvalue weighted by Gasteiger charge is -2.27. The number of thiol groups is 1. The lowest BCUT2D eigenvalue weighted by molar-refractivity contribution is -0.122. The molecule has 0 saturated heterocycles. The van der Waals surface area contributed by atoms with Crippen LogP contribution in [0.25, 0.3) is 0 Å². The maximum Gasteiger partial charge on any atom is 0.233 e. The van der Waals surface area contributed by atoms with Crippen molar-refractivity contribution < 1.29 is 4.79 Å². The molecule has 1 aromatic rings. The topological polar surface area (TPSA) is 29.1 Å². The summed E-state index contributed by atoms with van der Waals surface area (Å²) in [7, 11) is 0. The van der Waals surface area contributed by atoms with Crippen molar-refractivity contribution in [2.24, 2.45) is 0 Å². The SMILES string of the molecule is CCCC(C)(C)NC(=O)C(S)Cc1ccccc1. The van der Waals surface area contributed by atoms with Gasteiger partial charge in [0.25, 0.3) is 0 Å². The number of nitrogens with one attached hydrogen (secondary N) is 1. The van der Waals surface area contributed by atoms with Crippen LogP contribution < -0.4 is 5.32 Å². The third-order valence-electron chi connectivity index (χ3n) is 2.91. The zero-order chi connectivity index (χ0) is 13.6. The van der Waals surface area contributed by atoms with E-state index in [1.54, 1.807) is 0 Å². The van der Waals surface area contributed by atoms with Crippen LogP contribution in [0.4, 0.5) is 0 Å². The molecule has 1 aromatic carbocycles. The number of benzene rings is 1. The fraction of sp³-hybridized carbons (Fsp3) is 0.533. The van der Waals surface area contributed by atoms with Gasteiger partial charge in [-0.25, -0.2) is 0 Å². The van der Waals surface area contributed by atoms with Gasteiger partial charge >= 0.3 is 0 Å². The molecule has 0 heterocycles. The normalized spacial score (nSPS) is 13.1. The second kappa shape index (κ2) is 6.83. The van der Waals surface area contributed by atoms with E-state index in [1.165, 1.54) is 0 Å².